The van der Waals surface area contributed by atoms with Gasteiger partial charge in [-0.2, -0.15) is 0 Å². The molecule has 144 valence electrons. The molecule has 0 aliphatic heterocycles. The Morgan fingerprint density at radius 1 is 1.18 bits per heavy atom. The highest BCUT2D eigenvalue weighted by Crippen LogP contribution is 2.17. The minimum Gasteiger partial charge on any atom is -0.370 e. The van der Waals surface area contributed by atoms with Gasteiger partial charge in [0.15, 0.2) is 5.82 Å². The van der Waals surface area contributed by atoms with Crippen molar-refractivity contribution >= 4 is 17.5 Å². The van der Waals surface area contributed by atoms with E-state index in [1.165, 1.54) is 41.6 Å². The van der Waals surface area contributed by atoms with Crippen molar-refractivity contribution in [3.05, 3.63) is 59.1 Å². The number of carbonyl (C=O) groups is 2. The largest absolute Gasteiger partial charge is 0.442 e. The molecule has 0 radical (unpaired) electrons. The van der Waals surface area contributed by atoms with Crippen molar-refractivity contribution in [2.75, 3.05) is 11.4 Å². The van der Waals surface area contributed by atoms with Crippen LogP contribution in [0.15, 0.2) is 52.0 Å². The zero-order chi connectivity index (χ0) is 20.1. The van der Waals surface area contributed by atoms with Crippen LogP contribution in [0.25, 0.3) is 11.6 Å². The SMILES string of the molecule is NC(=O)CCN(C(=O)Cn1c(-c2ncccn2)noc1=O)c1ccc(F)cc1. The lowest BCUT2D eigenvalue weighted by molar-refractivity contribution is -0.119. The Hall–Kier alpha value is -3.89. The van der Waals surface area contributed by atoms with E-state index in [1.54, 1.807) is 6.07 Å². The standard InChI is InChI=1S/C17H15FN6O4/c18-11-2-4-12(5-3-11)23(9-6-13(19)25)14(26)10-24-16(22-28-17(24)27)15-20-7-1-8-21-15/h1-5,7-8H,6,9-10H2,(H2,19,25). The van der Waals surface area contributed by atoms with E-state index >= 15 is 0 Å². The molecular weight excluding hydrogens is 371 g/mol. The van der Waals surface area contributed by atoms with Gasteiger partial charge in [-0.3, -0.25) is 14.1 Å². The molecule has 0 saturated heterocycles. The molecule has 28 heavy (non-hydrogen) atoms. The van der Waals surface area contributed by atoms with Gasteiger partial charge in [-0.05, 0) is 30.3 Å². The highest BCUT2D eigenvalue weighted by Gasteiger charge is 2.22. The maximum atomic E-state index is 13.2. The topological polar surface area (TPSA) is 137 Å². The molecule has 3 aromatic rings. The van der Waals surface area contributed by atoms with Crippen LogP contribution in [-0.2, 0) is 16.1 Å². The zero-order valence-corrected chi connectivity index (χ0v) is 14.5. The maximum absolute atomic E-state index is 13.2. The Bertz CT molecular complexity index is 1030. The highest BCUT2D eigenvalue weighted by molar-refractivity contribution is 5.94. The van der Waals surface area contributed by atoms with E-state index in [9.17, 15) is 18.8 Å². The molecule has 10 nitrogen and oxygen atoms in total. The molecule has 0 spiro atoms. The van der Waals surface area contributed by atoms with E-state index in [2.05, 4.69) is 19.6 Å². The van der Waals surface area contributed by atoms with Crippen molar-refractivity contribution in [2.24, 2.45) is 5.73 Å². The Morgan fingerprint density at radius 3 is 2.50 bits per heavy atom. The summed E-state index contributed by atoms with van der Waals surface area (Å²) in [5.41, 5.74) is 5.51. The first kappa shape index (κ1) is 18.9. The number of nitrogens with zero attached hydrogens (tertiary/aromatic N) is 5. The lowest BCUT2D eigenvalue weighted by atomic mass is 10.2. The van der Waals surface area contributed by atoms with E-state index in [0.29, 0.717) is 5.69 Å². The number of nitrogens with two attached hydrogens (primary N) is 1. The van der Waals surface area contributed by atoms with Crippen LogP contribution in [-0.4, -0.2) is 38.1 Å². The summed E-state index contributed by atoms with van der Waals surface area (Å²) in [6.45, 7) is -0.497. The number of hydrogen-bond acceptors (Lipinski definition) is 7. The Kier molecular flexibility index (Phi) is 5.53. The summed E-state index contributed by atoms with van der Waals surface area (Å²) in [5, 5.41) is 3.61. The van der Waals surface area contributed by atoms with Crippen molar-refractivity contribution in [2.45, 2.75) is 13.0 Å². The van der Waals surface area contributed by atoms with Gasteiger partial charge in [-0.25, -0.2) is 23.7 Å². The predicted octanol–water partition coefficient (Wildman–Crippen LogP) is 0.341. The van der Waals surface area contributed by atoms with Gasteiger partial charge in [0.25, 0.3) is 0 Å². The first-order chi connectivity index (χ1) is 13.5. The average Bonchev–Trinajstić information content (AvgIpc) is 3.04. The molecule has 0 saturated carbocycles. The Morgan fingerprint density at radius 2 is 1.86 bits per heavy atom. The third kappa shape index (κ3) is 4.26. The summed E-state index contributed by atoms with van der Waals surface area (Å²) in [7, 11) is 0. The molecular formula is C17H15FN6O4. The number of rotatable bonds is 7. The number of amides is 2. The second-order valence-electron chi connectivity index (χ2n) is 5.67. The second-order valence-corrected chi connectivity index (χ2v) is 5.67. The number of benzene rings is 1. The van der Waals surface area contributed by atoms with Gasteiger partial charge in [0.2, 0.25) is 17.6 Å². The molecule has 11 heteroatoms. The van der Waals surface area contributed by atoms with Crippen LogP contribution in [0.2, 0.25) is 0 Å². The molecule has 0 aliphatic rings. The van der Waals surface area contributed by atoms with Gasteiger partial charge in [-0.1, -0.05) is 5.16 Å². The van der Waals surface area contributed by atoms with Crippen LogP contribution < -0.4 is 16.4 Å². The number of hydrogen-bond donors (Lipinski definition) is 1. The first-order valence-corrected chi connectivity index (χ1v) is 8.14. The Balaban J connectivity index is 1.90. The van der Waals surface area contributed by atoms with Gasteiger partial charge in [0.1, 0.15) is 12.4 Å². The highest BCUT2D eigenvalue weighted by atomic mass is 19.1. The van der Waals surface area contributed by atoms with Gasteiger partial charge in [0.05, 0.1) is 0 Å². The molecule has 0 bridgehead atoms. The summed E-state index contributed by atoms with van der Waals surface area (Å²) >= 11 is 0. The number of halogens is 1. The molecule has 2 N–H and O–H groups in total. The van der Waals surface area contributed by atoms with E-state index < -0.39 is 29.9 Å². The molecule has 1 aromatic carbocycles. The fraction of sp³-hybridized carbons (Fsp3) is 0.176. The van der Waals surface area contributed by atoms with Crippen molar-refractivity contribution in [3.63, 3.8) is 0 Å². The van der Waals surface area contributed by atoms with E-state index in [1.807, 2.05) is 0 Å². The van der Waals surface area contributed by atoms with Crippen molar-refractivity contribution in [1.82, 2.24) is 19.7 Å². The zero-order valence-electron chi connectivity index (χ0n) is 14.5. The van der Waals surface area contributed by atoms with Crippen LogP contribution in [0.3, 0.4) is 0 Å². The Labute approximate surface area is 157 Å². The van der Waals surface area contributed by atoms with E-state index in [0.717, 1.165) is 4.57 Å². The number of anilines is 1. The summed E-state index contributed by atoms with van der Waals surface area (Å²) in [6, 6.07) is 6.69. The number of carbonyl (C=O) groups excluding carboxylic acids is 2. The number of aromatic nitrogens is 4. The smallest absolute Gasteiger partial charge is 0.370 e. The molecule has 2 heterocycles. The third-order valence-electron chi connectivity index (χ3n) is 3.77. The van der Waals surface area contributed by atoms with Gasteiger partial charge in [0, 0.05) is 31.0 Å². The van der Waals surface area contributed by atoms with Gasteiger partial charge in [-0.15, -0.1) is 0 Å². The molecule has 0 fully saturated rings. The second kappa shape index (κ2) is 8.20. The lowest BCUT2D eigenvalue weighted by Gasteiger charge is -2.22. The molecule has 3 rings (SSSR count). The van der Waals surface area contributed by atoms with Crippen LogP contribution in [0.5, 0.6) is 0 Å². The number of primary amides is 1. The van der Waals surface area contributed by atoms with Gasteiger partial charge < -0.3 is 10.6 Å². The molecule has 0 unspecified atom stereocenters. The molecule has 2 amide bonds. The van der Waals surface area contributed by atoms with Crippen molar-refractivity contribution in [3.8, 4) is 11.6 Å². The van der Waals surface area contributed by atoms with Gasteiger partial charge >= 0.3 is 5.76 Å². The monoisotopic (exact) mass is 386 g/mol. The third-order valence-corrected chi connectivity index (χ3v) is 3.77. The first-order valence-electron chi connectivity index (χ1n) is 8.14. The quantitative estimate of drug-likeness (QED) is 0.618. The van der Waals surface area contributed by atoms with Crippen LogP contribution in [0.1, 0.15) is 6.42 Å². The fourth-order valence-electron chi connectivity index (χ4n) is 2.44. The summed E-state index contributed by atoms with van der Waals surface area (Å²) in [6.07, 6.45) is 2.78. The van der Waals surface area contributed by atoms with Crippen molar-refractivity contribution in [1.29, 1.82) is 0 Å². The van der Waals surface area contributed by atoms with Crippen molar-refractivity contribution < 1.29 is 18.5 Å². The fourth-order valence-corrected chi connectivity index (χ4v) is 2.44. The minimum atomic E-state index is -0.871. The van der Waals surface area contributed by atoms with Crippen LogP contribution >= 0.6 is 0 Å². The lowest BCUT2D eigenvalue weighted by Crippen LogP contribution is -2.38. The summed E-state index contributed by atoms with van der Waals surface area (Å²) < 4.78 is 18.8. The van der Waals surface area contributed by atoms with E-state index in [4.69, 9.17) is 5.73 Å². The predicted molar refractivity (Wildman–Crippen MR) is 94.4 cm³/mol. The maximum Gasteiger partial charge on any atom is 0.442 e. The van der Waals surface area contributed by atoms with Crippen LogP contribution in [0.4, 0.5) is 10.1 Å². The van der Waals surface area contributed by atoms with Crippen LogP contribution in [0, 0.1) is 5.82 Å². The van der Waals surface area contributed by atoms with E-state index in [-0.39, 0.29) is 24.6 Å². The normalized spacial score (nSPS) is 10.6. The summed E-state index contributed by atoms with van der Waals surface area (Å²) in [5.74, 6) is -2.44. The molecule has 2 aromatic heterocycles. The minimum absolute atomic E-state index is 0.0205. The summed E-state index contributed by atoms with van der Waals surface area (Å²) in [4.78, 5) is 45.2. The molecule has 0 atom stereocenters. The molecule has 0 aliphatic carbocycles. The average molecular weight is 386 g/mol.